The largest absolute Gasteiger partial charge is 0.467 e. The van der Waals surface area contributed by atoms with E-state index in [-0.39, 0.29) is 6.01 Å². The van der Waals surface area contributed by atoms with Gasteiger partial charge in [0.2, 0.25) is 0 Å². The summed E-state index contributed by atoms with van der Waals surface area (Å²) < 4.78 is 4.99. The average Bonchev–Trinajstić information content (AvgIpc) is 2.45. The molecular formula is C14H17N5O. The van der Waals surface area contributed by atoms with Gasteiger partial charge in [-0.25, -0.2) is 4.99 Å². The van der Waals surface area contributed by atoms with Crippen LogP contribution in [0.1, 0.15) is 11.4 Å². The molecule has 0 radical (unpaired) electrons. The smallest absolute Gasteiger partial charge is 0.321 e. The molecule has 1 aromatic carbocycles. The Balaban J connectivity index is 2.18. The first kappa shape index (κ1) is 13.9. The van der Waals surface area contributed by atoms with E-state index in [1.807, 2.05) is 43.3 Å². The lowest BCUT2D eigenvalue weighted by molar-refractivity contribution is 0.377. The van der Waals surface area contributed by atoms with E-state index in [0.717, 1.165) is 11.3 Å². The van der Waals surface area contributed by atoms with Crippen LogP contribution in [-0.4, -0.2) is 42.4 Å². The van der Waals surface area contributed by atoms with Crippen molar-refractivity contribution < 1.29 is 4.74 Å². The normalized spacial score (nSPS) is 10.8. The second kappa shape index (κ2) is 6.10. The van der Waals surface area contributed by atoms with Gasteiger partial charge in [0.05, 0.1) is 7.11 Å². The Bertz CT molecular complexity index is 607. The zero-order valence-electron chi connectivity index (χ0n) is 12.0. The van der Waals surface area contributed by atoms with Gasteiger partial charge in [-0.15, -0.1) is 0 Å². The highest BCUT2D eigenvalue weighted by molar-refractivity contribution is 5.81. The fourth-order valence-electron chi connectivity index (χ4n) is 1.58. The molecular weight excluding hydrogens is 254 g/mol. The van der Waals surface area contributed by atoms with E-state index in [1.165, 1.54) is 7.11 Å². The number of hydrogen-bond acceptors (Lipinski definition) is 6. The predicted octanol–water partition coefficient (Wildman–Crippen LogP) is 2.01. The maximum absolute atomic E-state index is 4.99. The predicted molar refractivity (Wildman–Crippen MR) is 79.1 cm³/mol. The van der Waals surface area contributed by atoms with E-state index >= 15 is 0 Å². The summed E-state index contributed by atoms with van der Waals surface area (Å²) in [5.74, 6) is 0.915. The van der Waals surface area contributed by atoms with Crippen LogP contribution in [0.2, 0.25) is 0 Å². The second-order valence-corrected chi connectivity index (χ2v) is 4.41. The molecule has 0 bridgehead atoms. The Morgan fingerprint density at radius 2 is 1.80 bits per heavy atom. The van der Waals surface area contributed by atoms with Crippen molar-refractivity contribution in [1.82, 2.24) is 15.0 Å². The van der Waals surface area contributed by atoms with Crippen molar-refractivity contribution in [3.05, 3.63) is 35.7 Å². The molecule has 0 N–H and O–H groups in total. The lowest BCUT2D eigenvalue weighted by atomic mass is 10.2. The van der Waals surface area contributed by atoms with Gasteiger partial charge in [0, 0.05) is 26.0 Å². The molecule has 0 saturated heterocycles. The number of hydrogen-bond donors (Lipinski definition) is 0. The Labute approximate surface area is 118 Å². The zero-order valence-corrected chi connectivity index (χ0v) is 12.0. The minimum absolute atomic E-state index is 0.271. The fraction of sp³-hybridized carbons (Fsp3) is 0.286. The minimum atomic E-state index is 0.271. The maximum Gasteiger partial charge on any atom is 0.321 e. The van der Waals surface area contributed by atoms with E-state index in [0.29, 0.717) is 11.8 Å². The van der Waals surface area contributed by atoms with Crippen molar-refractivity contribution >= 4 is 17.9 Å². The first-order valence-electron chi connectivity index (χ1n) is 6.16. The van der Waals surface area contributed by atoms with Crippen LogP contribution in [-0.2, 0) is 0 Å². The molecule has 0 atom stereocenters. The number of aliphatic imine (C=N–C) groups is 1. The second-order valence-electron chi connectivity index (χ2n) is 4.41. The van der Waals surface area contributed by atoms with Gasteiger partial charge in [0.15, 0.2) is 0 Å². The van der Waals surface area contributed by atoms with Crippen LogP contribution in [0.25, 0.3) is 0 Å². The monoisotopic (exact) mass is 271 g/mol. The summed E-state index contributed by atoms with van der Waals surface area (Å²) in [5, 5.41) is 0. The highest BCUT2D eigenvalue weighted by Crippen LogP contribution is 2.13. The summed E-state index contributed by atoms with van der Waals surface area (Å²) in [4.78, 5) is 18.5. The maximum atomic E-state index is 4.99. The highest BCUT2D eigenvalue weighted by atomic mass is 16.5. The summed E-state index contributed by atoms with van der Waals surface area (Å²) in [6, 6.07) is 8.31. The van der Waals surface area contributed by atoms with Gasteiger partial charge in [-0.05, 0) is 24.6 Å². The van der Waals surface area contributed by atoms with Crippen molar-refractivity contribution in [2.45, 2.75) is 6.92 Å². The van der Waals surface area contributed by atoms with Crippen LogP contribution in [0.5, 0.6) is 6.01 Å². The van der Waals surface area contributed by atoms with Crippen LogP contribution >= 0.6 is 0 Å². The average molecular weight is 271 g/mol. The van der Waals surface area contributed by atoms with Crippen molar-refractivity contribution in [1.29, 1.82) is 0 Å². The summed E-state index contributed by atoms with van der Waals surface area (Å²) in [6.45, 7) is 1.77. The van der Waals surface area contributed by atoms with Gasteiger partial charge in [0.1, 0.15) is 5.82 Å². The molecule has 1 aromatic heterocycles. The molecule has 0 unspecified atom stereocenters. The number of aryl methyl sites for hydroxylation is 1. The van der Waals surface area contributed by atoms with Gasteiger partial charge in [-0.1, -0.05) is 12.1 Å². The van der Waals surface area contributed by atoms with E-state index in [9.17, 15) is 0 Å². The Hall–Kier alpha value is -2.50. The van der Waals surface area contributed by atoms with E-state index in [4.69, 9.17) is 4.74 Å². The van der Waals surface area contributed by atoms with Crippen molar-refractivity contribution in [3.63, 3.8) is 0 Å². The van der Waals surface area contributed by atoms with Crippen LogP contribution < -0.4 is 9.64 Å². The quantitative estimate of drug-likeness (QED) is 0.796. The van der Waals surface area contributed by atoms with Gasteiger partial charge in [-0.3, -0.25) is 0 Å². The number of nitrogens with zero attached hydrogens (tertiary/aromatic N) is 5. The van der Waals surface area contributed by atoms with E-state index in [1.54, 1.807) is 13.1 Å². The lowest BCUT2D eigenvalue weighted by Gasteiger charge is -2.11. The number of rotatable bonds is 4. The molecule has 0 aliphatic heterocycles. The highest BCUT2D eigenvalue weighted by Gasteiger charge is 2.01. The van der Waals surface area contributed by atoms with Crippen LogP contribution in [0.3, 0.4) is 0 Å². The number of ether oxygens (including phenoxy) is 1. The van der Waals surface area contributed by atoms with Crippen LogP contribution in [0.15, 0.2) is 29.3 Å². The number of benzene rings is 1. The molecule has 104 valence electrons. The first-order chi connectivity index (χ1) is 9.58. The molecule has 0 spiro atoms. The topological polar surface area (TPSA) is 63.5 Å². The Morgan fingerprint density at radius 1 is 1.10 bits per heavy atom. The van der Waals surface area contributed by atoms with Crippen molar-refractivity contribution in [3.8, 4) is 6.01 Å². The Kier molecular flexibility index (Phi) is 4.24. The molecule has 2 rings (SSSR count). The minimum Gasteiger partial charge on any atom is -0.467 e. The summed E-state index contributed by atoms with van der Waals surface area (Å²) in [5.41, 5.74) is 2.12. The van der Waals surface area contributed by atoms with Crippen LogP contribution in [0.4, 0.5) is 11.6 Å². The molecule has 0 aliphatic rings. The van der Waals surface area contributed by atoms with Crippen molar-refractivity contribution in [2.24, 2.45) is 4.99 Å². The van der Waals surface area contributed by atoms with Crippen LogP contribution in [0, 0.1) is 6.92 Å². The SMILES string of the molecule is COc1nc(C)nc(/N=C/c2ccc(N(C)C)cc2)n1. The third-order valence-corrected chi connectivity index (χ3v) is 2.64. The summed E-state index contributed by atoms with van der Waals surface area (Å²) >= 11 is 0. The molecule has 20 heavy (non-hydrogen) atoms. The third-order valence-electron chi connectivity index (χ3n) is 2.64. The molecule has 6 nitrogen and oxygen atoms in total. The van der Waals surface area contributed by atoms with Crippen molar-refractivity contribution in [2.75, 3.05) is 26.1 Å². The lowest BCUT2D eigenvalue weighted by Crippen LogP contribution is -2.08. The van der Waals surface area contributed by atoms with Gasteiger partial charge < -0.3 is 9.64 Å². The molecule has 0 aliphatic carbocycles. The van der Waals surface area contributed by atoms with E-state index < -0.39 is 0 Å². The third kappa shape index (κ3) is 3.50. The fourth-order valence-corrected chi connectivity index (χ4v) is 1.58. The first-order valence-corrected chi connectivity index (χ1v) is 6.16. The Morgan fingerprint density at radius 3 is 2.40 bits per heavy atom. The van der Waals surface area contributed by atoms with Gasteiger partial charge in [-0.2, -0.15) is 15.0 Å². The molecule has 0 amide bonds. The standard InChI is InChI=1S/C14H17N5O/c1-10-16-13(18-14(17-10)20-4)15-9-11-5-7-12(8-6-11)19(2)3/h5-9H,1-4H3/b15-9+. The van der Waals surface area contributed by atoms with Gasteiger partial charge in [0.25, 0.3) is 5.95 Å². The number of aromatic nitrogens is 3. The number of methoxy groups -OCH3 is 1. The summed E-state index contributed by atoms with van der Waals surface area (Å²) in [7, 11) is 5.52. The van der Waals surface area contributed by atoms with E-state index in [2.05, 4.69) is 19.9 Å². The molecule has 1 heterocycles. The molecule has 6 heteroatoms. The molecule has 0 saturated carbocycles. The zero-order chi connectivity index (χ0) is 14.5. The number of anilines is 1. The molecule has 2 aromatic rings. The molecule has 0 fully saturated rings. The summed E-state index contributed by atoms with van der Waals surface area (Å²) in [6.07, 6.45) is 1.72. The van der Waals surface area contributed by atoms with Gasteiger partial charge >= 0.3 is 6.01 Å².